The van der Waals surface area contributed by atoms with Crippen molar-refractivity contribution in [1.29, 1.82) is 0 Å². The molecule has 1 aromatic rings. The number of nitro groups is 2. The van der Waals surface area contributed by atoms with Crippen molar-refractivity contribution in [3.05, 3.63) is 50.3 Å². The van der Waals surface area contributed by atoms with E-state index in [4.69, 9.17) is 4.84 Å². The van der Waals surface area contributed by atoms with E-state index in [0.29, 0.717) is 5.76 Å². The van der Waals surface area contributed by atoms with Gasteiger partial charge in [-0.3, -0.25) is 24.4 Å². The van der Waals surface area contributed by atoms with Crippen LogP contribution < -0.4 is 0 Å². The van der Waals surface area contributed by atoms with E-state index in [9.17, 15) is 24.4 Å². The maximum atomic E-state index is 12.6. The molecule has 2 aliphatic heterocycles. The fourth-order valence-corrected chi connectivity index (χ4v) is 4.28. The Morgan fingerprint density at radius 2 is 2.04 bits per heavy atom. The summed E-state index contributed by atoms with van der Waals surface area (Å²) in [5.41, 5.74) is -1.05. The summed E-state index contributed by atoms with van der Waals surface area (Å²) in [7, 11) is -1.74. The molecule has 1 saturated heterocycles. The van der Waals surface area contributed by atoms with Gasteiger partial charge in [0, 0.05) is 6.07 Å². The number of non-ortho nitro benzene ring substituents is 1. The third-order valence-electron chi connectivity index (χ3n) is 4.41. The number of hydrogen-bond acceptors (Lipinski definition) is 7. The number of hydroxylamine groups is 2. The van der Waals surface area contributed by atoms with E-state index >= 15 is 0 Å². The van der Waals surface area contributed by atoms with Crippen molar-refractivity contribution in [3.8, 4) is 0 Å². The molecule has 2 atom stereocenters. The number of rotatable bonds is 5. The molecule has 0 N–H and O–H groups in total. The van der Waals surface area contributed by atoms with Crippen molar-refractivity contribution < 1.29 is 18.9 Å². The van der Waals surface area contributed by atoms with E-state index < -0.39 is 32.0 Å². The van der Waals surface area contributed by atoms with Crippen LogP contribution in [0.2, 0.25) is 0 Å². The van der Waals surface area contributed by atoms with E-state index in [1.54, 1.807) is 0 Å². The van der Waals surface area contributed by atoms with Crippen LogP contribution in [0.25, 0.3) is 0 Å². The summed E-state index contributed by atoms with van der Waals surface area (Å²) in [5.74, 6) is 0.491. The van der Waals surface area contributed by atoms with Crippen LogP contribution in [0.15, 0.2) is 34.9 Å². The van der Waals surface area contributed by atoms with Crippen molar-refractivity contribution in [2.24, 2.45) is 0 Å². The molecule has 2 unspecified atom stereocenters. The Kier molecular flexibility index (Phi) is 4.33. The zero-order chi connectivity index (χ0) is 18.4. The predicted octanol–water partition coefficient (Wildman–Crippen LogP) is 2.68. The summed E-state index contributed by atoms with van der Waals surface area (Å²) in [6, 6.07) is 3.24. The minimum Gasteiger partial charge on any atom is -0.409 e. The van der Waals surface area contributed by atoms with E-state index in [-0.39, 0.29) is 22.2 Å². The molecule has 2 heterocycles. The number of benzene rings is 1. The van der Waals surface area contributed by atoms with Crippen LogP contribution >= 0.6 is 0 Å². The van der Waals surface area contributed by atoms with Gasteiger partial charge in [0.25, 0.3) is 11.4 Å². The molecule has 2 aliphatic rings. The highest BCUT2D eigenvalue weighted by atomic mass is 32.2. The molecule has 10 heteroatoms. The Morgan fingerprint density at radius 1 is 1.32 bits per heavy atom. The third kappa shape index (κ3) is 3.27. The second-order valence-corrected chi connectivity index (χ2v) is 8.04. The lowest BCUT2D eigenvalue weighted by Crippen LogP contribution is -2.39. The van der Waals surface area contributed by atoms with E-state index in [1.165, 1.54) is 6.07 Å². The van der Waals surface area contributed by atoms with Crippen molar-refractivity contribution in [2.75, 3.05) is 5.75 Å². The fourth-order valence-electron chi connectivity index (χ4n) is 3.13. The van der Waals surface area contributed by atoms with Gasteiger partial charge < -0.3 is 4.84 Å². The van der Waals surface area contributed by atoms with Gasteiger partial charge in [-0.05, 0) is 38.8 Å². The van der Waals surface area contributed by atoms with Crippen molar-refractivity contribution in [1.82, 2.24) is 5.06 Å². The molecule has 0 aromatic heterocycles. The molecule has 1 aromatic carbocycles. The summed E-state index contributed by atoms with van der Waals surface area (Å²) in [6.07, 6.45) is 3.81. The molecule has 0 radical (unpaired) electrons. The Labute approximate surface area is 146 Å². The lowest BCUT2D eigenvalue weighted by molar-refractivity contribution is -0.396. The second kappa shape index (κ2) is 6.19. The fraction of sp³-hybridized carbons (Fsp3) is 0.467. The van der Waals surface area contributed by atoms with Crippen molar-refractivity contribution >= 4 is 22.2 Å². The van der Waals surface area contributed by atoms with Crippen molar-refractivity contribution in [3.63, 3.8) is 0 Å². The lowest BCUT2D eigenvalue weighted by Gasteiger charge is -2.29. The lowest BCUT2D eigenvalue weighted by atomic mass is 10.0. The first kappa shape index (κ1) is 17.5. The van der Waals surface area contributed by atoms with Crippen LogP contribution in [0.4, 0.5) is 11.4 Å². The van der Waals surface area contributed by atoms with Crippen LogP contribution in [-0.2, 0) is 15.6 Å². The zero-order valence-corrected chi connectivity index (χ0v) is 14.5. The topological polar surface area (TPSA) is 116 Å². The van der Waals surface area contributed by atoms with Gasteiger partial charge in [0.05, 0.1) is 44.0 Å². The van der Waals surface area contributed by atoms with Crippen LogP contribution in [0.5, 0.6) is 0 Å². The first-order valence-corrected chi connectivity index (χ1v) is 9.00. The quantitative estimate of drug-likeness (QED) is 0.580. The highest BCUT2D eigenvalue weighted by molar-refractivity contribution is 7.85. The number of nitro benzene ring substituents is 2. The number of hydrogen-bond donors (Lipinski definition) is 0. The molecule has 0 bridgehead atoms. The zero-order valence-electron chi connectivity index (χ0n) is 13.7. The molecule has 0 aliphatic carbocycles. The summed E-state index contributed by atoms with van der Waals surface area (Å²) < 4.78 is 12.6. The molecule has 134 valence electrons. The Hall–Kier alpha value is -2.33. The van der Waals surface area contributed by atoms with Gasteiger partial charge in [0.2, 0.25) is 0 Å². The van der Waals surface area contributed by atoms with Gasteiger partial charge in [-0.1, -0.05) is 0 Å². The molecule has 25 heavy (non-hydrogen) atoms. The average Bonchev–Trinajstić information content (AvgIpc) is 3.06. The smallest absolute Gasteiger partial charge is 0.292 e. The maximum Gasteiger partial charge on any atom is 0.292 e. The van der Waals surface area contributed by atoms with E-state index in [0.717, 1.165) is 25.0 Å². The standard InChI is InChI=1S/C15H17N3O6S/c1-15(2)6-5-10-7-12(24-16(10)15)9-25(23)14-4-3-11(17(19)20)8-13(14)18(21)22/h3-4,7-8,10H,5-6,9H2,1-2H3. The molecule has 0 amide bonds. The second-order valence-electron chi connectivity index (χ2n) is 6.62. The van der Waals surface area contributed by atoms with Crippen LogP contribution in [-0.4, -0.2) is 36.5 Å². The largest absolute Gasteiger partial charge is 0.409 e. The van der Waals surface area contributed by atoms with Crippen molar-refractivity contribution in [2.45, 2.75) is 43.2 Å². The SMILES string of the molecule is CC1(C)CCC2C=C(CS(=O)c3ccc([N+](=O)[O-])cc3[N+](=O)[O-])ON21. The molecule has 1 fully saturated rings. The molecular formula is C15H17N3O6S. The maximum absolute atomic E-state index is 12.6. The van der Waals surface area contributed by atoms with Crippen LogP contribution in [0.3, 0.4) is 0 Å². The Morgan fingerprint density at radius 3 is 2.64 bits per heavy atom. The monoisotopic (exact) mass is 367 g/mol. The third-order valence-corrected chi connectivity index (χ3v) is 5.79. The van der Waals surface area contributed by atoms with Crippen LogP contribution in [0, 0.1) is 20.2 Å². The van der Waals surface area contributed by atoms with Gasteiger partial charge in [0.1, 0.15) is 10.7 Å². The normalized spacial score (nSPS) is 22.8. The Bertz CT molecular complexity index is 806. The summed E-state index contributed by atoms with van der Waals surface area (Å²) >= 11 is 0. The number of fused-ring (bicyclic) bond motifs is 1. The van der Waals surface area contributed by atoms with E-state index in [2.05, 4.69) is 13.8 Å². The minimum atomic E-state index is -1.74. The Balaban J connectivity index is 1.81. The van der Waals surface area contributed by atoms with E-state index in [1.807, 2.05) is 11.1 Å². The predicted molar refractivity (Wildman–Crippen MR) is 89.1 cm³/mol. The first-order valence-electron chi connectivity index (χ1n) is 7.68. The van der Waals surface area contributed by atoms with Gasteiger partial charge in [0.15, 0.2) is 0 Å². The number of nitrogens with zero attached hydrogens (tertiary/aromatic N) is 3. The van der Waals surface area contributed by atoms with Crippen LogP contribution in [0.1, 0.15) is 26.7 Å². The summed E-state index contributed by atoms with van der Waals surface area (Å²) in [4.78, 5) is 26.2. The van der Waals surface area contributed by atoms with Gasteiger partial charge in [-0.2, -0.15) is 0 Å². The van der Waals surface area contributed by atoms with Gasteiger partial charge in [-0.15, -0.1) is 5.06 Å². The molecule has 9 nitrogen and oxygen atoms in total. The van der Waals surface area contributed by atoms with Gasteiger partial charge in [-0.25, -0.2) is 0 Å². The molecule has 0 saturated carbocycles. The molecular weight excluding hydrogens is 350 g/mol. The highest BCUT2D eigenvalue weighted by Crippen LogP contribution is 2.40. The average molecular weight is 367 g/mol. The highest BCUT2D eigenvalue weighted by Gasteiger charge is 2.44. The molecule has 3 rings (SSSR count). The summed E-state index contributed by atoms with van der Waals surface area (Å²) in [6.45, 7) is 4.11. The minimum absolute atomic E-state index is 0.0122. The molecule has 0 spiro atoms. The first-order chi connectivity index (χ1) is 11.7. The summed E-state index contributed by atoms with van der Waals surface area (Å²) in [5, 5.41) is 23.8. The van der Waals surface area contributed by atoms with Gasteiger partial charge >= 0.3 is 0 Å².